The number of aryl methyl sites for hydroxylation is 1. The largest absolute Gasteiger partial charge is 1.00 e. The molecule has 11 aromatic carbocycles. The van der Waals surface area contributed by atoms with Crippen molar-refractivity contribution >= 4 is 83.0 Å². The van der Waals surface area contributed by atoms with Crippen molar-refractivity contribution in [1.82, 2.24) is 9.55 Å². The number of nitrogens with one attached hydrogen (secondary N) is 1. The van der Waals surface area contributed by atoms with Crippen LogP contribution >= 0.6 is 0 Å². The Kier molecular flexibility index (Phi) is 30.5. The van der Waals surface area contributed by atoms with E-state index in [0.717, 1.165) is 85.3 Å². The van der Waals surface area contributed by atoms with Crippen molar-refractivity contribution in [3.8, 4) is 33.7 Å². The minimum atomic E-state index is -0.387. The zero-order chi connectivity index (χ0) is 75.6. The molecule has 0 saturated carbocycles. The number of hydrogen-bond donors (Lipinski definition) is 0. The predicted molar refractivity (Wildman–Crippen MR) is 439 cm³/mol. The van der Waals surface area contributed by atoms with Crippen LogP contribution in [0, 0.1) is 0 Å². The number of hydrogen-bond acceptors (Lipinski definition) is 2. The molecule has 0 saturated heterocycles. The molecule has 1 aliphatic rings. The molecule has 502 valence electrons. The molecule has 14 rings (SSSR count). The molecule has 0 unspecified atom stereocenters. The summed E-state index contributed by atoms with van der Waals surface area (Å²) in [7, 11) is 0. The van der Waals surface area contributed by atoms with Gasteiger partial charge in [-0.25, -0.2) is 9.97 Å². The molecule has 4 nitrogen and oxygen atoms in total. The number of benzene rings is 11. The van der Waals surface area contributed by atoms with Crippen LogP contribution < -0.4 is 39.4 Å². The van der Waals surface area contributed by atoms with Gasteiger partial charge in [0.15, 0.2) is 6.20 Å². The molecule has 2 heterocycles. The number of rotatable bonds is 12. The van der Waals surface area contributed by atoms with Crippen LogP contribution in [0.25, 0.3) is 111 Å². The van der Waals surface area contributed by atoms with Gasteiger partial charge in [0.2, 0.25) is 5.52 Å². The predicted octanol–water partition coefficient (Wildman–Crippen LogP) is 21.5. The van der Waals surface area contributed by atoms with E-state index < -0.39 is 0 Å². The summed E-state index contributed by atoms with van der Waals surface area (Å²) in [5.74, 6) is 1.08. The smallest absolute Gasteiger partial charge is 0.868 e. The number of allylic oxidation sites excluding steroid dienone is 14. The maximum atomic E-state index is 11.1. The van der Waals surface area contributed by atoms with Gasteiger partial charge in [-0.15, -0.1) is 26.3 Å². The Hall–Kier alpha value is -11.1. The zero-order valence-corrected chi connectivity index (χ0v) is 60.2. The third-order valence-corrected chi connectivity index (χ3v) is 15.9. The summed E-state index contributed by atoms with van der Waals surface area (Å²) in [6.45, 7) is 31.7. The molecular weight excluding hydrogens is 1220 g/mol. The van der Waals surface area contributed by atoms with E-state index in [1.165, 1.54) is 56.0 Å². The van der Waals surface area contributed by atoms with Crippen molar-refractivity contribution in [3.63, 3.8) is 0 Å². The Morgan fingerprint density at radius 3 is 1.69 bits per heavy atom. The van der Waals surface area contributed by atoms with E-state index in [1.54, 1.807) is 36.6 Å². The second-order valence-electron chi connectivity index (χ2n) is 23.2. The SMILES string of the molecule is C/C=C/c1ccc2cc3c(cc2c1)=CCCC=3.C/C=C\C(C)=C/C.C=C/C=C\C=C\C.C=CC.C=CC.C=CCCc1cn(-c2ccccc2)c(CC=C)n1.[2H]c1c([2H])c([2H])c(-c2c3ccccc3c(-c3cc4ccccc4c4ccccc34)c3ccccc23)c([2H])c1[2H].[Li+].[O-]c1cccc2ccc[nH+]c12. The number of H-pyrrole nitrogens is 1. The number of aromatic amines is 1. The van der Waals surface area contributed by atoms with Gasteiger partial charge in [0.05, 0.1) is 12.5 Å². The Morgan fingerprint density at radius 1 is 0.545 bits per heavy atom. The fraction of sp³-hybridized carbons (Fsp3) is 0.125. The molecule has 0 fully saturated rings. The van der Waals surface area contributed by atoms with E-state index >= 15 is 0 Å². The molecule has 101 heavy (non-hydrogen) atoms. The number of para-hydroxylation sites is 2. The molecule has 1 N–H and O–H groups in total. The topological polar surface area (TPSA) is 55.0 Å². The number of fused-ring (bicyclic) bond motifs is 8. The molecule has 0 amide bonds. The average molecular weight is 1320 g/mol. The van der Waals surface area contributed by atoms with Crippen LogP contribution in [-0.2, 0) is 12.8 Å². The van der Waals surface area contributed by atoms with Gasteiger partial charge in [-0.2, -0.15) is 0 Å². The molecule has 13 aromatic rings. The van der Waals surface area contributed by atoms with Crippen molar-refractivity contribution < 1.29 is 35.8 Å². The van der Waals surface area contributed by atoms with E-state index in [0.29, 0.717) is 11.1 Å². The van der Waals surface area contributed by atoms with Crippen LogP contribution in [0.15, 0.2) is 354 Å². The fourth-order valence-electron chi connectivity index (χ4n) is 11.5. The summed E-state index contributed by atoms with van der Waals surface area (Å²) < 4.78 is 44.5. The molecule has 1 aliphatic carbocycles. The van der Waals surface area contributed by atoms with Gasteiger partial charge in [0, 0.05) is 29.8 Å². The van der Waals surface area contributed by atoms with Gasteiger partial charge in [-0.1, -0.05) is 279 Å². The standard InChI is InChI=1S/C34H22.C17H16.C16H18N2.C9H7NO.C7H12.C7H10.2C3H6.Li/c1-2-12-23(13-3-1)33-28-18-8-10-20-30(28)34(31-21-11-9-19-29(31)33)32-22-24-14-4-5-15-25(24)26-16-6-7-17-27(26)32;1-2-5-13-8-9-16-11-14-6-3-4-7-15(14)12-17(16)10-13;1-3-5-10-14-13-18(16(17-14)9-4-2)15-11-7-6-8-12-15;11-8-5-1-3-7-4-2-6-10-9(7)8;1-4-6-7(3)5-2;1-3-5-7-6-4-2;2*1-3-2;/h1-22H;2,5-12H,3-4H2,1H3;3-4,6-8,11-13H,1-2,5,9-10H2;1-6,11H;4-6H,1-3H3;3-7H,1H2,2H3;2*3H,1H2,2H3;/q;;;;;;;;+1/b;5-2+;;;6-4-,7-5-;6-4+,7-5-;;;/i1D,2D,3D,12D,13D;;;;;;;;. The van der Waals surface area contributed by atoms with E-state index in [2.05, 4.69) is 213 Å². The Labute approximate surface area is 620 Å². The van der Waals surface area contributed by atoms with Crippen LogP contribution in [-0.4, -0.2) is 9.55 Å². The number of pyridine rings is 1. The fourth-order valence-corrected chi connectivity index (χ4v) is 11.5. The first-order valence-corrected chi connectivity index (χ1v) is 34.1. The second kappa shape index (κ2) is 43.3. The molecule has 0 atom stereocenters. The van der Waals surface area contributed by atoms with Gasteiger partial charge in [-0.3, -0.25) is 0 Å². The van der Waals surface area contributed by atoms with Crippen molar-refractivity contribution in [2.24, 2.45) is 0 Å². The van der Waals surface area contributed by atoms with E-state index in [9.17, 15) is 5.11 Å². The van der Waals surface area contributed by atoms with E-state index in [4.69, 9.17) is 6.85 Å². The van der Waals surface area contributed by atoms with Gasteiger partial charge in [0.25, 0.3) is 0 Å². The summed E-state index contributed by atoms with van der Waals surface area (Å²) in [6, 6.07) is 64.2. The Balaban J connectivity index is 0.000000220. The Morgan fingerprint density at radius 2 is 1.12 bits per heavy atom. The van der Waals surface area contributed by atoms with Gasteiger partial charge in [0.1, 0.15) is 5.82 Å². The third kappa shape index (κ3) is 22.4. The first-order valence-electron chi connectivity index (χ1n) is 36.6. The van der Waals surface area contributed by atoms with Crippen LogP contribution in [0.3, 0.4) is 0 Å². The molecule has 0 radical (unpaired) electrons. The second-order valence-corrected chi connectivity index (χ2v) is 23.2. The van der Waals surface area contributed by atoms with Crippen LogP contribution in [0.1, 0.15) is 91.7 Å². The quantitative estimate of drug-likeness (QED) is 0.0402. The summed E-state index contributed by atoms with van der Waals surface area (Å²) >= 11 is 0. The molecular formula is C96H97LiN3O+. The molecule has 2 aromatic heterocycles. The normalized spacial score (nSPS) is 11.9. The monoisotopic (exact) mass is 1320 g/mol. The first-order chi connectivity index (χ1) is 51.1. The maximum Gasteiger partial charge on any atom is 1.00 e. The number of imidazole rings is 1. The number of aromatic nitrogens is 3. The Bertz CT molecular complexity index is 5350. The van der Waals surface area contributed by atoms with Crippen molar-refractivity contribution in [1.29, 1.82) is 0 Å². The minimum absolute atomic E-state index is 0. The van der Waals surface area contributed by atoms with Crippen LogP contribution in [0.4, 0.5) is 0 Å². The summed E-state index contributed by atoms with van der Waals surface area (Å²) in [5.41, 5.74) is 8.58. The molecule has 5 heteroatoms. The number of nitrogens with zero attached hydrogens (tertiary/aromatic N) is 2. The van der Waals surface area contributed by atoms with Crippen molar-refractivity contribution in [3.05, 3.63) is 382 Å². The molecule has 0 spiro atoms. The average Bonchev–Trinajstić information content (AvgIpc) is 0.790. The van der Waals surface area contributed by atoms with Crippen molar-refractivity contribution in [2.75, 3.05) is 0 Å². The van der Waals surface area contributed by atoms with Crippen LogP contribution in [0.2, 0.25) is 0 Å². The van der Waals surface area contributed by atoms with Crippen LogP contribution in [0.5, 0.6) is 5.75 Å². The third-order valence-electron chi connectivity index (χ3n) is 15.9. The van der Waals surface area contributed by atoms with Crippen molar-refractivity contribution in [2.45, 2.75) is 80.6 Å². The summed E-state index contributed by atoms with van der Waals surface area (Å²) in [6.07, 6.45) is 40.8. The maximum absolute atomic E-state index is 11.1. The molecule has 0 aliphatic heterocycles. The van der Waals surface area contributed by atoms with Gasteiger partial charge < -0.3 is 9.67 Å². The first kappa shape index (κ1) is 71.2. The summed E-state index contributed by atoms with van der Waals surface area (Å²) in [4.78, 5) is 7.56. The van der Waals surface area contributed by atoms with Gasteiger partial charge >= 0.3 is 18.9 Å². The van der Waals surface area contributed by atoms with E-state index in [1.807, 2.05) is 150 Å². The van der Waals surface area contributed by atoms with E-state index in [-0.39, 0.29) is 60.4 Å². The minimum Gasteiger partial charge on any atom is -0.868 e. The summed E-state index contributed by atoms with van der Waals surface area (Å²) in [5, 5.41) is 25.9. The molecule has 0 bridgehead atoms. The van der Waals surface area contributed by atoms with Gasteiger partial charge in [-0.05, 0) is 221 Å². The zero-order valence-electron chi connectivity index (χ0n) is 65.2.